The van der Waals surface area contributed by atoms with E-state index in [1.165, 1.54) is 6.92 Å². The molecule has 2 amide bonds. The first-order valence-corrected chi connectivity index (χ1v) is 10.4. The fraction of sp³-hybridized carbons (Fsp3) is 0.300. The zero-order chi connectivity index (χ0) is 20.2. The molecule has 1 atom stereocenters. The van der Waals surface area contributed by atoms with Crippen molar-refractivity contribution in [3.05, 3.63) is 65.2 Å². The summed E-state index contributed by atoms with van der Waals surface area (Å²) < 4.78 is 23.1. The maximum atomic E-state index is 12.7. The molecule has 1 unspecified atom stereocenters. The second-order valence-electron chi connectivity index (χ2n) is 6.54. The maximum absolute atomic E-state index is 12.7. The third kappa shape index (κ3) is 5.40. The van der Waals surface area contributed by atoms with Crippen LogP contribution in [0.5, 0.6) is 0 Å². The highest BCUT2D eigenvalue weighted by Crippen LogP contribution is 2.22. The molecule has 2 aromatic carbocycles. The van der Waals surface area contributed by atoms with Gasteiger partial charge in [0.15, 0.2) is 9.84 Å². The molecule has 6 nitrogen and oxygen atoms in total. The summed E-state index contributed by atoms with van der Waals surface area (Å²) in [5, 5.41) is 2.71. The highest BCUT2D eigenvalue weighted by molar-refractivity contribution is 7.90. The number of rotatable bonds is 6. The van der Waals surface area contributed by atoms with Crippen LogP contribution in [0.2, 0.25) is 0 Å². The van der Waals surface area contributed by atoms with Crippen LogP contribution in [-0.4, -0.2) is 38.4 Å². The van der Waals surface area contributed by atoms with Crippen LogP contribution >= 0.6 is 0 Å². The Hall–Kier alpha value is -2.67. The van der Waals surface area contributed by atoms with Crippen molar-refractivity contribution in [1.29, 1.82) is 0 Å². The Morgan fingerprint density at radius 3 is 2.07 bits per heavy atom. The summed E-state index contributed by atoms with van der Waals surface area (Å²) in [6, 6.07) is 13.4. The Morgan fingerprint density at radius 2 is 1.59 bits per heavy atom. The Bertz CT molecular complexity index is 919. The monoisotopic (exact) mass is 388 g/mol. The molecule has 0 bridgehead atoms. The average Bonchev–Trinajstić information content (AvgIpc) is 2.64. The van der Waals surface area contributed by atoms with Gasteiger partial charge in [0, 0.05) is 32.3 Å². The number of nitrogens with one attached hydrogen (secondary N) is 1. The molecule has 0 aliphatic carbocycles. The lowest BCUT2D eigenvalue weighted by atomic mass is 10.1. The standard InChI is InChI=1S/C20H24N2O4S/c1-14(17-9-11-19(12-10-17)27(4,25)26)22(3)20(24)18-7-5-16(6-8-18)13-21-15(2)23/h5-12,14H,13H2,1-4H3,(H,21,23). The molecule has 0 saturated carbocycles. The van der Waals surface area contributed by atoms with Gasteiger partial charge in [0.05, 0.1) is 10.9 Å². The Kier molecular flexibility index (Phi) is 6.38. The molecule has 2 aromatic rings. The molecule has 27 heavy (non-hydrogen) atoms. The first-order chi connectivity index (χ1) is 12.6. The van der Waals surface area contributed by atoms with Gasteiger partial charge in [-0.1, -0.05) is 24.3 Å². The van der Waals surface area contributed by atoms with Gasteiger partial charge in [-0.05, 0) is 42.3 Å². The van der Waals surface area contributed by atoms with Gasteiger partial charge < -0.3 is 10.2 Å². The first-order valence-electron chi connectivity index (χ1n) is 8.50. The predicted octanol–water partition coefficient (Wildman–Crippen LogP) is 2.56. The van der Waals surface area contributed by atoms with E-state index in [4.69, 9.17) is 0 Å². The fourth-order valence-electron chi connectivity index (χ4n) is 2.59. The molecule has 1 N–H and O–H groups in total. The van der Waals surface area contributed by atoms with E-state index in [0.717, 1.165) is 17.4 Å². The predicted molar refractivity (Wildman–Crippen MR) is 104 cm³/mol. The van der Waals surface area contributed by atoms with Crippen LogP contribution in [0, 0.1) is 0 Å². The van der Waals surface area contributed by atoms with E-state index in [1.807, 2.05) is 19.1 Å². The van der Waals surface area contributed by atoms with E-state index in [0.29, 0.717) is 12.1 Å². The van der Waals surface area contributed by atoms with Crippen LogP contribution in [0.3, 0.4) is 0 Å². The van der Waals surface area contributed by atoms with Crippen molar-refractivity contribution >= 4 is 21.7 Å². The maximum Gasteiger partial charge on any atom is 0.254 e. The topological polar surface area (TPSA) is 83.6 Å². The number of amides is 2. The highest BCUT2D eigenvalue weighted by atomic mass is 32.2. The van der Waals surface area contributed by atoms with Crippen molar-refractivity contribution in [3.8, 4) is 0 Å². The second-order valence-corrected chi connectivity index (χ2v) is 8.56. The van der Waals surface area contributed by atoms with E-state index in [-0.39, 0.29) is 22.8 Å². The molecule has 2 rings (SSSR count). The van der Waals surface area contributed by atoms with Gasteiger partial charge in [0.2, 0.25) is 5.91 Å². The lowest BCUT2D eigenvalue weighted by Gasteiger charge is -2.25. The van der Waals surface area contributed by atoms with E-state index in [9.17, 15) is 18.0 Å². The Balaban J connectivity index is 2.10. The van der Waals surface area contributed by atoms with Crippen LogP contribution in [0.15, 0.2) is 53.4 Å². The number of sulfone groups is 1. The van der Waals surface area contributed by atoms with Gasteiger partial charge in [0.1, 0.15) is 0 Å². The van der Waals surface area contributed by atoms with Gasteiger partial charge in [-0.3, -0.25) is 9.59 Å². The van der Waals surface area contributed by atoms with Gasteiger partial charge in [-0.15, -0.1) is 0 Å². The van der Waals surface area contributed by atoms with E-state index < -0.39 is 9.84 Å². The van der Waals surface area contributed by atoms with Crippen molar-refractivity contribution in [1.82, 2.24) is 10.2 Å². The molecule has 0 spiro atoms. The number of carbonyl (C=O) groups is 2. The zero-order valence-corrected chi connectivity index (χ0v) is 16.7. The first kappa shape index (κ1) is 20.6. The lowest BCUT2D eigenvalue weighted by molar-refractivity contribution is -0.119. The van der Waals surface area contributed by atoms with Crippen molar-refractivity contribution < 1.29 is 18.0 Å². The molecule has 144 valence electrons. The molecule has 0 saturated heterocycles. The third-order valence-corrected chi connectivity index (χ3v) is 5.56. The smallest absolute Gasteiger partial charge is 0.254 e. The fourth-order valence-corrected chi connectivity index (χ4v) is 3.22. The number of hydrogen-bond donors (Lipinski definition) is 1. The normalized spacial score (nSPS) is 12.3. The average molecular weight is 388 g/mol. The van der Waals surface area contributed by atoms with Crippen LogP contribution in [0.25, 0.3) is 0 Å². The van der Waals surface area contributed by atoms with Gasteiger partial charge >= 0.3 is 0 Å². The van der Waals surface area contributed by atoms with Gasteiger partial charge in [0.25, 0.3) is 5.91 Å². The van der Waals surface area contributed by atoms with Crippen molar-refractivity contribution in [2.75, 3.05) is 13.3 Å². The summed E-state index contributed by atoms with van der Waals surface area (Å²) in [4.78, 5) is 25.5. The number of hydrogen-bond acceptors (Lipinski definition) is 4. The zero-order valence-electron chi connectivity index (χ0n) is 15.9. The molecule has 0 radical (unpaired) electrons. The molecule has 0 aliphatic heterocycles. The van der Waals surface area contributed by atoms with E-state index in [1.54, 1.807) is 48.3 Å². The molecule has 0 aliphatic rings. The minimum Gasteiger partial charge on any atom is -0.352 e. The van der Waals surface area contributed by atoms with Crippen molar-refractivity contribution in [2.24, 2.45) is 0 Å². The molecule has 0 aromatic heterocycles. The number of benzene rings is 2. The van der Waals surface area contributed by atoms with E-state index in [2.05, 4.69) is 5.32 Å². The van der Waals surface area contributed by atoms with Crippen LogP contribution in [0.4, 0.5) is 0 Å². The molecule has 0 fully saturated rings. The minimum atomic E-state index is -3.25. The Labute approximate surface area is 160 Å². The van der Waals surface area contributed by atoms with Crippen molar-refractivity contribution in [2.45, 2.75) is 31.3 Å². The van der Waals surface area contributed by atoms with E-state index >= 15 is 0 Å². The summed E-state index contributed by atoms with van der Waals surface area (Å²) in [6.07, 6.45) is 1.16. The number of nitrogens with zero attached hydrogens (tertiary/aromatic N) is 1. The third-order valence-electron chi connectivity index (χ3n) is 4.43. The molecule has 7 heteroatoms. The van der Waals surface area contributed by atoms with Crippen LogP contribution in [0.1, 0.15) is 41.4 Å². The molecular formula is C20H24N2O4S. The summed E-state index contributed by atoms with van der Waals surface area (Å²) in [6.45, 7) is 3.76. The number of carbonyl (C=O) groups excluding carboxylic acids is 2. The lowest BCUT2D eigenvalue weighted by Crippen LogP contribution is -2.29. The highest BCUT2D eigenvalue weighted by Gasteiger charge is 2.19. The second kappa shape index (κ2) is 8.35. The van der Waals surface area contributed by atoms with Crippen LogP contribution < -0.4 is 5.32 Å². The van der Waals surface area contributed by atoms with Gasteiger partial charge in [-0.25, -0.2) is 8.42 Å². The summed E-state index contributed by atoms with van der Waals surface area (Å²) in [5.41, 5.74) is 2.30. The minimum absolute atomic E-state index is 0.106. The van der Waals surface area contributed by atoms with Crippen molar-refractivity contribution in [3.63, 3.8) is 0 Å². The summed E-state index contributed by atoms with van der Waals surface area (Å²) in [7, 11) is -1.53. The van der Waals surface area contributed by atoms with Gasteiger partial charge in [-0.2, -0.15) is 0 Å². The molecular weight excluding hydrogens is 364 g/mol. The molecule has 0 heterocycles. The quantitative estimate of drug-likeness (QED) is 0.824. The van der Waals surface area contributed by atoms with Crippen LogP contribution in [-0.2, 0) is 21.2 Å². The summed E-state index contributed by atoms with van der Waals surface area (Å²) >= 11 is 0. The largest absolute Gasteiger partial charge is 0.352 e. The Morgan fingerprint density at radius 1 is 1.04 bits per heavy atom. The summed E-state index contributed by atoms with van der Waals surface area (Å²) in [5.74, 6) is -0.244. The SMILES string of the molecule is CC(=O)NCc1ccc(C(=O)N(C)C(C)c2ccc(S(C)(=O)=O)cc2)cc1.